The molecule has 0 amide bonds. The zero-order valence-electron chi connectivity index (χ0n) is 17.6. The molecule has 0 aliphatic carbocycles. The lowest BCUT2D eigenvalue weighted by molar-refractivity contribution is 0.0566. The van der Waals surface area contributed by atoms with Crippen molar-refractivity contribution in [1.82, 2.24) is 14.5 Å². The van der Waals surface area contributed by atoms with Crippen LogP contribution in [-0.2, 0) is 6.54 Å². The summed E-state index contributed by atoms with van der Waals surface area (Å²) in [5.41, 5.74) is 3.24. The van der Waals surface area contributed by atoms with Gasteiger partial charge in [-0.1, -0.05) is 0 Å². The van der Waals surface area contributed by atoms with E-state index in [9.17, 15) is 18.4 Å². The van der Waals surface area contributed by atoms with Gasteiger partial charge in [0.25, 0.3) is 0 Å². The van der Waals surface area contributed by atoms with E-state index < -0.39 is 6.55 Å². The summed E-state index contributed by atoms with van der Waals surface area (Å²) in [6, 6.07) is 5.20. The number of benzene rings is 1. The van der Waals surface area contributed by atoms with E-state index in [-0.39, 0.29) is 22.8 Å². The van der Waals surface area contributed by atoms with Crippen molar-refractivity contribution in [2.24, 2.45) is 0 Å². The fraction of sp³-hybridized carbons (Fsp3) is 0.318. The zero-order chi connectivity index (χ0) is 22.4. The Labute approximate surface area is 177 Å². The summed E-state index contributed by atoms with van der Waals surface area (Å²) in [5.74, 6) is 0.180. The molecule has 9 heteroatoms. The van der Waals surface area contributed by atoms with E-state index in [0.717, 1.165) is 11.1 Å². The molecule has 0 saturated carbocycles. The average molecular weight is 428 g/mol. The van der Waals surface area contributed by atoms with Crippen LogP contribution in [0.2, 0.25) is 0 Å². The van der Waals surface area contributed by atoms with Crippen LogP contribution in [0.25, 0.3) is 22.4 Å². The standard InChI is InChI=1S/C22H22F2N4O3/c1-12(2)27-10-14-5-17(15-8-25-26(9-15)22(23)24)21(31-4)6-16(14)19-7-20(30)18(13(3)29)11-28(19)27/h5-9,11-12,22H,10H2,1-4H3. The van der Waals surface area contributed by atoms with E-state index in [2.05, 4.69) is 5.10 Å². The largest absolute Gasteiger partial charge is 0.496 e. The topological polar surface area (TPSA) is 69.4 Å². The summed E-state index contributed by atoms with van der Waals surface area (Å²) in [6.07, 6.45) is 4.22. The number of fused-ring (bicyclic) bond motifs is 3. The fourth-order valence-electron chi connectivity index (χ4n) is 3.86. The van der Waals surface area contributed by atoms with Gasteiger partial charge in [-0.05, 0) is 38.5 Å². The minimum absolute atomic E-state index is 0.0707. The second-order valence-corrected chi connectivity index (χ2v) is 7.73. The SMILES string of the molecule is COc1cc2c(cc1-c1cnn(C(F)F)c1)CN(C(C)C)n1cc(C(C)=O)c(=O)cc1-2. The third-order valence-electron chi connectivity index (χ3n) is 5.43. The first-order valence-corrected chi connectivity index (χ1v) is 9.79. The van der Waals surface area contributed by atoms with Crippen LogP contribution in [0, 0.1) is 0 Å². The zero-order valence-corrected chi connectivity index (χ0v) is 17.6. The van der Waals surface area contributed by atoms with E-state index in [1.54, 1.807) is 12.3 Å². The molecule has 0 radical (unpaired) electrons. The third-order valence-corrected chi connectivity index (χ3v) is 5.43. The molecule has 2 aromatic heterocycles. The molecule has 162 valence electrons. The second kappa shape index (κ2) is 7.64. The van der Waals surface area contributed by atoms with Crippen molar-refractivity contribution in [3.05, 3.63) is 58.1 Å². The monoisotopic (exact) mass is 428 g/mol. The van der Waals surface area contributed by atoms with Gasteiger partial charge in [-0.2, -0.15) is 13.9 Å². The predicted molar refractivity (Wildman–Crippen MR) is 112 cm³/mol. The van der Waals surface area contributed by atoms with Gasteiger partial charge in [0, 0.05) is 41.2 Å². The molecule has 7 nitrogen and oxygen atoms in total. The van der Waals surface area contributed by atoms with Crippen molar-refractivity contribution in [2.45, 2.75) is 39.9 Å². The molecule has 0 N–H and O–H groups in total. The van der Waals surface area contributed by atoms with Crippen molar-refractivity contribution >= 4 is 5.78 Å². The van der Waals surface area contributed by atoms with Crippen LogP contribution in [0.3, 0.4) is 0 Å². The number of methoxy groups -OCH3 is 1. The molecule has 0 saturated heterocycles. The van der Waals surface area contributed by atoms with Crippen LogP contribution < -0.4 is 15.2 Å². The van der Waals surface area contributed by atoms with Crippen LogP contribution in [0.5, 0.6) is 5.75 Å². The highest BCUT2D eigenvalue weighted by atomic mass is 19.3. The van der Waals surface area contributed by atoms with Gasteiger partial charge in [0.2, 0.25) is 0 Å². The lowest BCUT2D eigenvalue weighted by Crippen LogP contribution is -2.44. The molecule has 3 heterocycles. The number of rotatable bonds is 5. The Bertz CT molecular complexity index is 1230. The van der Waals surface area contributed by atoms with Crippen molar-refractivity contribution in [3.8, 4) is 28.1 Å². The predicted octanol–water partition coefficient (Wildman–Crippen LogP) is 3.85. The molecule has 3 aromatic rings. The number of hydrogen-bond donors (Lipinski definition) is 0. The van der Waals surface area contributed by atoms with E-state index in [0.29, 0.717) is 33.8 Å². The maximum absolute atomic E-state index is 13.0. The van der Waals surface area contributed by atoms with Crippen LogP contribution in [-0.4, -0.2) is 33.4 Å². The lowest BCUT2D eigenvalue weighted by atomic mass is 9.95. The number of pyridine rings is 1. The summed E-state index contributed by atoms with van der Waals surface area (Å²) >= 11 is 0. The van der Waals surface area contributed by atoms with Gasteiger partial charge in [-0.3, -0.25) is 14.3 Å². The van der Waals surface area contributed by atoms with Crippen LogP contribution in [0.4, 0.5) is 8.78 Å². The Balaban J connectivity index is 1.94. The average Bonchev–Trinajstić information content (AvgIpc) is 3.22. The molecule has 0 atom stereocenters. The van der Waals surface area contributed by atoms with Gasteiger partial charge >= 0.3 is 6.55 Å². The van der Waals surface area contributed by atoms with Crippen molar-refractivity contribution < 1.29 is 18.3 Å². The molecule has 0 bridgehead atoms. The number of nitrogens with zero attached hydrogens (tertiary/aromatic N) is 4. The van der Waals surface area contributed by atoms with E-state index in [1.807, 2.05) is 29.6 Å². The van der Waals surface area contributed by atoms with E-state index in [1.165, 1.54) is 32.5 Å². The van der Waals surface area contributed by atoms with Crippen molar-refractivity contribution in [2.75, 3.05) is 12.1 Å². The molecule has 4 rings (SSSR count). The first-order chi connectivity index (χ1) is 14.7. The van der Waals surface area contributed by atoms with Crippen LogP contribution in [0.1, 0.15) is 43.2 Å². The number of hydrogen-bond acceptors (Lipinski definition) is 5. The highest BCUT2D eigenvalue weighted by Gasteiger charge is 2.27. The van der Waals surface area contributed by atoms with Crippen molar-refractivity contribution in [3.63, 3.8) is 0 Å². The Kier molecular flexibility index (Phi) is 5.12. The minimum atomic E-state index is -2.73. The molecule has 31 heavy (non-hydrogen) atoms. The van der Waals surface area contributed by atoms with E-state index in [4.69, 9.17) is 4.74 Å². The molecule has 1 aliphatic rings. The summed E-state index contributed by atoms with van der Waals surface area (Å²) in [5, 5.41) is 5.75. The van der Waals surface area contributed by atoms with Gasteiger partial charge in [0.05, 0.1) is 31.1 Å². The number of ether oxygens (including phenoxy) is 1. The summed E-state index contributed by atoms with van der Waals surface area (Å²) in [6.45, 7) is 3.16. The highest BCUT2D eigenvalue weighted by Crippen LogP contribution is 2.39. The van der Waals surface area contributed by atoms with Gasteiger partial charge < -0.3 is 9.75 Å². The second-order valence-electron chi connectivity index (χ2n) is 7.73. The number of carbonyl (C=O) groups is 1. The molecular formula is C22H22F2N4O3. The number of Topliss-reactive ketones (excluding diaryl/α,β-unsaturated/α-hetero) is 1. The van der Waals surface area contributed by atoms with Gasteiger partial charge in [0.15, 0.2) is 11.2 Å². The number of halogens is 2. The Morgan fingerprint density at radius 3 is 2.48 bits per heavy atom. The number of carbonyl (C=O) groups excluding carboxylic acids is 1. The lowest BCUT2D eigenvalue weighted by Gasteiger charge is -2.38. The first kappa shape index (κ1) is 20.8. The minimum Gasteiger partial charge on any atom is -0.496 e. The maximum atomic E-state index is 13.0. The summed E-state index contributed by atoms with van der Waals surface area (Å²) in [7, 11) is 1.50. The maximum Gasteiger partial charge on any atom is 0.333 e. The van der Waals surface area contributed by atoms with Crippen molar-refractivity contribution in [1.29, 1.82) is 0 Å². The third kappa shape index (κ3) is 3.49. The Morgan fingerprint density at radius 1 is 1.16 bits per heavy atom. The normalized spacial score (nSPS) is 12.8. The smallest absolute Gasteiger partial charge is 0.333 e. The van der Waals surface area contributed by atoms with Crippen LogP contribution >= 0.6 is 0 Å². The van der Waals surface area contributed by atoms with E-state index >= 15 is 0 Å². The van der Waals surface area contributed by atoms with Gasteiger partial charge in [-0.25, -0.2) is 4.68 Å². The Hall–Kier alpha value is -3.49. The molecule has 0 fully saturated rings. The molecule has 1 aliphatic heterocycles. The molecular weight excluding hydrogens is 406 g/mol. The Morgan fingerprint density at radius 2 is 1.90 bits per heavy atom. The number of aromatic nitrogens is 3. The number of ketones is 1. The van der Waals surface area contributed by atoms with Gasteiger partial charge in [0.1, 0.15) is 5.75 Å². The number of alkyl halides is 2. The molecule has 0 spiro atoms. The molecule has 1 aromatic carbocycles. The first-order valence-electron chi connectivity index (χ1n) is 9.79. The highest BCUT2D eigenvalue weighted by molar-refractivity contribution is 5.94. The summed E-state index contributed by atoms with van der Waals surface area (Å²) < 4.78 is 33.9. The molecule has 0 unspecified atom stereocenters. The fourth-order valence-corrected chi connectivity index (χ4v) is 3.86. The van der Waals surface area contributed by atoms with Gasteiger partial charge in [-0.15, -0.1) is 0 Å². The summed E-state index contributed by atoms with van der Waals surface area (Å²) in [4.78, 5) is 24.5. The quantitative estimate of drug-likeness (QED) is 0.578. The van der Waals surface area contributed by atoms with Crippen LogP contribution in [0.15, 0.2) is 41.6 Å².